The SMILES string of the molecule is CN1[C@@H]2CC[C@H]1C=C(C(=O)O)C2. The van der Waals surface area contributed by atoms with Gasteiger partial charge in [0, 0.05) is 17.7 Å². The predicted octanol–water partition coefficient (Wildman–Crippen LogP) is 0.864. The molecule has 0 aromatic heterocycles. The van der Waals surface area contributed by atoms with Gasteiger partial charge in [-0.05, 0) is 26.3 Å². The Morgan fingerprint density at radius 2 is 2.42 bits per heavy atom. The standard InChI is InChI=1S/C9H13NO2/c1-10-7-2-3-8(10)5-6(4-7)9(11)12/h4,7-8H,2-3,5H2,1H3,(H,11,12)/t7-,8+/m0/s1. The third kappa shape index (κ3) is 1.05. The van der Waals surface area contributed by atoms with Gasteiger partial charge in [0.2, 0.25) is 0 Å². The van der Waals surface area contributed by atoms with Crippen LogP contribution in [0, 0.1) is 0 Å². The van der Waals surface area contributed by atoms with Gasteiger partial charge in [0.05, 0.1) is 0 Å². The summed E-state index contributed by atoms with van der Waals surface area (Å²) in [6.07, 6.45) is 4.90. The monoisotopic (exact) mass is 167 g/mol. The topological polar surface area (TPSA) is 40.5 Å². The van der Waals surface area contributed by atoms with E-state index in [4.69, 9.17) is 5.11 Å². The van der Waals surface area contributed by atoms with E-state index in [0.29, 0.717) is 17.7 Å². The van der Waals surface area contributed by atoms with Crippen molar-refractivity contribution in [3.8, 4) is 0 Å². The highest BCUT2D eigenvalue weighted by molar-refractivity contribution is 5.87. The molecule has 0 saturated carbocycles. The molecule has 0 aromatic rings. The molecule has 1 N–H and O–H groups in total. The van der Waals surface area contributed by atoms with Crippen LogP contribution in [0.1, 0.15) is 19.3 Å². The summed E-state index contributed by atoms with van der Waals surface area (Å²) in [5, 5.41) is 8.80. The molecule has 2 bridgehead atoms. The molecular weight excluding hydrogens is 154 g/mol. The molecule has 0 aliphatic carbocycles. The molecule has 3 nitrogen and oxygen atoms in total. The maximum absolute atomic E-state index is 10.7. The zero-order valence-electron chi connectivity index (χ0n) is 7.16. The number of likely N-dealkylation sites (N-methyl/N-ethyl adjacent to an activating group) is 1. The summed E-state index contributed by atoms with van der Waals surface area (Å²) < 4.78 is 0. The van der Waals surface area contributed by atoms with E-state index in [1.807, 2.05) is 6.08 Å². The van der Waals surface area contributed by atoms with Crippen molar-refractivity contribution in [1.29, 1.82) is 0 Å². The highest BCUT2D eigenvalue weighted by Crippen LogP contribution is 2.33. The van der Waals surface area contributed by atoms with E-state index in [9.17, 15) is 4.79 Å². The van der Waals surface area contributed by atoms with Crippen LogP contribution in [0.4, 0.5) is 0 Å². The lowest BCUT2D eigenvalue weighted by atomic mass is 10.0. The minimum absolute atomic E-state index is 0.384. The minimum atomic E-state index is -0.736. The Kier molecular flexibility index (Phi) is 1.68. The Bertz CT molecular complexity index is 247. The molecule has 0 amide bonds. The Morgan fingerprint density at radius 3 is 3.00 bits per heavy atom. The van der Waals surface area contributed by atoms with Crippen LogP contribution in [-0.4, -0.2) is 35.1 Å². The minimum Gasteiger partial charge on any atom is -0.478 e. The van der Waals surface area contributed by atoms with Crippen molar-refractivity contribution < 1.29 is 9.90 Å². The molecule has 1 fully saturated rings. The van der Waals surface area contributed by atoms with Gasteiger partial charge in [-0.25, -0.2) is 4.79 Å². The van der Waals surface area contributed by atoms with Gasteiger partial charge in [0.15, 0.2) is 0 Å². The van der Waals surface area contributed by atoms with Crippen LogP contribution < -0.4 is 0 Å². The molecule has 66 valence electrons. The van der Waals surface area contributed by atoms with Gasteiger partial charge in [-0.15, -0.1) is 0 Å². The van der Waals surface area contributed by atoms with Gasteiger partial charge in [-0.2, -0.15) is 0 Å². The van der Waals surface area contributed by atoms with Crippen molar-refractivity contribution in [2.45, 2.75) is 31.3 Å². The summed E-state index contributed by atoms with van der Waals surface area (Å²) in [7, 11) is 2.08. The van der Waals surface area contributed by atoms with Gasteiger partial charge in [0.1, 0.15) is 0 Å². The van der Waals surface area contributed by atoms with Gasteiger partial charge in [-0.3, -0.25) is 4.90 Å². The first-order valence-corrected chi connectivity index (χ1v) is 4.34. The van der Waals surface area contributed by atoms with Gasteiger partial charge < -0.3 is 5.11 Å². The third-order valence-corrected chi connectivity index (χ3v) is 3.02. The zero-order chi connectivity index (χ0) is 8.72. The lowest BCUT2D eigenvalue weighted by molar-refractivity contribution is -0.133. The normalized spacial score (nSPS) is 34.9. The average molecular weight is 167 g/mol. The Morgan fingerprint density at radius 1 is 1.67 bits per heavy atom. The number of carbonyl (C=O) groups is 1. The molecule has 2 aliphatic rings. The highest BCUT2D eigenvalue weighted by Gasteiger charge is 2.35. The van der Waals surface area contributed by atoms with Crippen LogP contribution in [0.5, 0.6) is 0 Å². The molecule has 0 radical (unpaired) electrons. The van der Waals surface area contributed by atoms with Gasteiger partial charge in [0.25, 0.3) is 0 Å². The summed E-state index contributed by atoms with van der Waals surface area (Å²) in [5.41, 5.74) is 0.612. The molecule has 12 heavy (non-hydrogen) atoms. The summed E-state index contributed by atoms with van der Waals surface area (Å²) in [5.74, 6) is -0.736. The van der Waals surface area contributed by atoms with E-state index in [2.05, 4.69) is 11.9 Å². The Hall–Kier alpha value is -0.830. The lowest BCUT2D eigenvalue weighted by Gasteiger charge is -2.28. The maximum Gasteiger partial charge on any atom is 0.331 e. The zero-order valence-corrected chi connectivity index (χ0v) is 7.16. The molecule has 2 heterocycles. The van der Waals surface area contributed by atoms with Crippen LogP contribution >= 0.6 is 0 Å². The van der Waals surface area contributed by atoms with Gasteiger partial charge in [-0.1, -0.05) is 6.08 Å². The summed E-state index contributed by atoms with van der Waals surface area (Å²) in [4.78, 5) is 13.0. The van der Waals surface area contributed by atoms with Crippen molar-refractivity contribution in [2.24, 2.45) is 0 Å². The van der Waals surface area contributed by atoms with E-state index in [1.165, 1.54) is 0 Å². The number of nitrogens with zero attached hydrogens (tertiary/aromatic N) is 1. The number of rotatable bonds is 1. The second-order valence-corrected chi connectivity index (χ2v) is 3.67. The number of fused-ring (bicyclic) bond motifs is 2. The Labute approximate surface area is 71.7 Å². The third-order valence-electron chi connectivity index (χ3n) is 3.02. The maximum atomic E-state index is 10.7. The number of hydrogen-bond donors (Lipinski definition) is 1. The molecule has 0 unspecified atom stereocenters. The van der Waals surface area contributed by atoms with Crippen LogP contribution in [-0.2, 0) is 4.79 Å². The number of hydrogen-bond acceptors (Lipinski definition) is 2. The molecule has 0 aromatic carbocycles. The van der Waals surface area contributed by atoms with E-state index in [1.54, 1.807) is 0 Å². The lowest BCUT2D eigenvalue weighted by Crippen LogP contribution is -2.36. The highest BCUT2D eigenvalue weighted by atomic mass is 16.4. The summed E-state index contributed by atoms with van der Waals surface area (Å²) in [6, 6.07) is 0.862. The quantitative estimate of drug-likeness (QED) is 0.629. The summed E-state index contributed by atoms with van der Waals surface area (Å²) >= 11 is 0. The second kappa shape index (κ2) is 2.59. The van der Waals surface area contributed by atoms with Crippen molar-refractivity contribution in [1.82, 2.24) is 4.90 Å². The number of carboxylic acids is 1. The van der Waals surface area contributed by atoms with E-state index >= 15 is 0 Å². The smallest absolute Gasteiger partial charge is 0.331 e. The molecule has 3 heteroatoms. The second-order valence-electron chi connectivity index (χ2n) is 3.67. The van der Waals surface area contributed by atoms with Crippen LogP contribution in [0.2, 0.25) is 0 Å². The molecule has 2 rings (SSSR count). The van der Waals surface area contributed by atoms with Crippen molar-refractivity contribution in [3.05, 3.63) is 11.6 Å². The fraction of sp³-hybridized carbons (Fsp3) is 0.667. The van der Waals surface area contributed by atoms with E-state index < -0.39 is 5.97 Å². The Balaban J connectivity index is 2.23. The first-order chi connectivity index (χ1) is 5.68. The molecule has 2 aliphatic heterocycles. The molecular formula is C9H13NO2. The van der Waals surface area contributed by atoms with E-state index in [0.717, 1.165) is 19.3 Å². The van der Waals surface area contributed by atoms with Crippen LogP contribution in [0.3, 0.4) is 0 Å². The fourth-order valence-corrected chi connectivity index (χ4v) is 2.20. The largest absolute Gasteiger partial charge is 0.478 e. The predicted molar refractivity (Wildman–Crippen MR) is 44.9 cm³/mol. The van der Waals surface area contributed by atoms with Gasteiger partial charge >= 0.3 is 5.97 Å². The molecule has 0 spiro atoms. The number of carboxylic acid groups (broad SMARTS) is 1. The van der Waals surface area contributed by atoms with E-state index in [-0.39, 0.29) is 0 Å². The molecule has 1 saturated heterocycles. The first kappa shape index (κ1) is 7.80. The first-order valence-electron chi connectivity index (χ1n) is 4.34. The average Bonchev–Trinajstić information content (AvgIpc) is 2.30. The molecule has 2 atom stereocenters. The van der Waals surface area contributed by atoms with Crippen molar-refractivity contribution in [3.63, 3.8) is 0 Å². The van der Waals surface area contributed by atoms with Crippen molar-refractivity contribution >= 4 is 5.97 Å². The van der Waals surface area contributed by atoms with Crippen molar-refractivity contribution in [2.75, 3.05) is 7.05 Å². The van der Waals surface area contributed by atoms with Crippen LogP contribution in [0.15, 0.2) is 11.6 Å². The number of aliphatic carboxylic acids is 1. The fourth-order valence-electron chi connectivity index (χ4n) is 2.20. The summed E-state index contributed by atoms with van der Waals surface area (Å²) in [6.45, 7) is 0. The van der Waals surface area contributed by atoms with Crippen LogP contribution in [0.25, 0.3) is 0 Å².